The number of benzene rings is 1. The highest BCUT2D eigenvalue weighted by Gasteiger charge is 2.43. The summed E-state index contributed by atoms with van der Waals surface area (Å²) >= 11 is 0. The molecule has 0 spiro atoms. The average Bonchev–Trinajstić information content (AvgIpc) is 3.10. The van der Waals surface area contributed by atoms with Crippen molar-refractivity contribution in [3.05, 3.63) is 24.3 Å². The molecule has 2 fully saturated rings. The fraction of sp³-hybridized carbons (Fsp3) is 0.562. The molecule has 0 saturated heterocycles. The molecule has 2 saturated carbocycles. The van der Waals surface area contributed by atoms with Gasteiger partial charge < -0.3 is 4.74 Å². The van der Waals surface area contributed by atoms with Gasteiger partial charge in [0.1, 0.15) is 5.75 Å². The zero-order chi connectivity index (χ0) is 15.7. The lowest BCUT2D eigenvalue weighted by atomic mass is 9.88. The van der Waals surface area contributed by atoms with Gasteiger partial charge in [-0.1, -0.05) is 12.5 Å². The molecule has 0 heterocycles. The number of carbonyl (C=O) groups is 1. The average molecular weight is 323 g/mol. The number of carbonyl (C=O) groups excluding carboxylic acids is 1. The Morgan fingerprint density at radius 1 is 1.32 bits per heavy atom. The van der Waals surface area contributed by atoms with Crippen LogP contribution in [0, 0.1) is 17.8 Å². The van der Waals surface area contributed by atoms with Crippen molar-refractivity contribution in [2.75, 3.05) is 6.61 Å². The van der Waals surface area contributed by atoms with Gasteiger partial charge in [-0.25, -0.2) is 13.1 Å². The lowest BCUT2D eigenvalue weighted by Crippen LogP contribution is -2.37. The van der Waals surface area contributed by atoms with Gasteiger partial charge in [0.05, 0.1) is 11.5 Å². The number of nitrogens with one attached hydrogen (secondary N) is 1. The molecule has 2 bridgehead atoms. The summed E-state index contributed by atoms with van der Waals surface area (Å²) in [6.07, 6.45) is 4.11. The molecule has 3 atom stereocenters. The smallest absolute Gasteiger partial charge is 0.264 e. The molecule has 1 amide bonds. The van der Waals surface area contributed by atoms with E-state index in [1.165, 1.54) is 18.6 Å². The lowest BCUT2D eigenvalue weighted by molar-refractivity contribution is -0.124. The van der Waals surface area contributed by atoms with Crippen molar-refractivity contribution in [1.29, 1.82) is 0 Å². The van der Waals surface area contributed by atoms with Crippen LogP contribution in [0.2, 0.25) is 0 Å². The summed E-state index contributed by atoms with van der Waals surface area (Å²) in [6, 6.07) is 6.22. The first-order valence-electron chi connectivity index (χ1n) is 7.79. The van der Waals surface area contributed by atoms with Gasteiger partial charge in [0.25, 0.3) is 10.0 Å². The minimum absolute atomic E-state index is 0.0648. The summed E-state index contributed by atoms with van der Waals surface area (Å²) in [5.41, 5.74) is 0. The normalized spacial score (nSPS) is 26.9. The van der Waals surface area contributed by atoms with Crippen LogP contribution in [-0.4, -0.2) is 20.9 Å². The number of hydrogen-bond donors (Lipinski definition) is 1. The Morgan fingerprint density at radius 2 is 2.14 bits per heavy atom. The highest BCUT2D eigenvalue weighted by atomic mass is 32.2. The van der Waals surface area contributed by atoms with Crippen LogP contribution in [0.4, 0.5) is 0 Å². The van der Waals surface area contributed by atoms with E-state index in [0.717, 1.165) is 19.3 Å². The lowest BCUT2D eigenvalue weighted by Gasteiger charge is -2.20. The molecule has 1 aromatic carbocycles. The molecule has 120 valence electrons. The van der Waals surface area contributed by atoms with E-state index in [4.69, 9.17) is 4.74 Å². The van der Waals surface area contributed by atoms with E-state index >= 15 is 0 Å². The Kier molecular flexibility index (Phi) is 4.12. The zero-order valence-corrected chi connectivity index (χ0v) is 13.4. The number of sulfonamides is 1. The second kappa shape index (κ2) is 5.91. The molecule has 5 nitrogen and oxygen atoms in total. The van der Waals surface area contributed by atoms with Gasteiger partial charge in [0, 0.05) is 12.0 Å². The maximum atomic E-state index is 12.4. The van der Waals surface area contributed by atoms with Crippen LogP contribution < -0.4 is 9.46 Å². The Labute approximate surface area is 131 Å². The number of hydrogen-bond acceptors (Lipinski definition) is 4. The summed E-state index contributed by atoms with van der Waals surface area (Å²) < 4.78 is 32.3. The molecule has 0 aliphatic heterocycles. The number of fused-ring (bicyclic) bond motifs is 2. The van der Waals surface area contributed by atoms with Crippen molar-refractivity contribution >= 4 is 15.9 Å². The number of amides is 1. The standard InChI is InChI=1S/C16H21NO4S/c1-2-21-13-4-3-5-14(10-13)22(19,20)17-16(18)15-9-11-6-7-12(15)8-11/h3-5,10-12,15H,2,6-9H2,1H3,(H,17,18). The molecule has 22 heavy (non-hydrogen) atoms. The minimum atomic E-state index is -3.83. The zero-order valence-electron chi connectivity index (χ0n) is 12.6. The van der Waals surface area contributed by atoms with Crippen LogP contribution in [0.5, 0.6) is 5.75 Å². The van der Waals surface area contributed by atoms with Crippen LogP contribution in [0.1, 0.15) is 32.6 Å². The Balaban J connectivity index is 1.73. The fourth-order valence-corrected chi connectivity index (χ4v) is 4.79. The molecule has 1 aromatic rings. The Morgan fingerprint density at radius 3 is 2.77 bits per heavy atom. The minimum Gasteiger partial charge on any atom is -0.494 e. The van der Waals surface area contributed by atoms with Crippen molar-refractivity contribution in [1.82, 2.24) is 4.72 Å². The van der Waals surface area contributed by atoms with Gasteiger partial charge in [-0.2, -0.15) is 0 Å². The van der Waals surface area contributed by atoms with Gasteiger partial charge in [-0.3, -0.25) is 4.79 Å². The third kappa shape index (κ3) is 2.97. The monoisotopic (exact) mass is 323 g/mol. The summed E-state index contributed by atoms with van der Waals surface area (Å²) in [5, 5.41) is 0. The maximum absolute atomic E-state index is 12.4. The molecule has 0 radical (unpaired) electrons. The van der Waals surface area contributed by atoms with E-state index in [1.807, 2.05) is 6.92 Å². The Hall–Kier alpha value is -1.56. The first-order chi connectivity index (χ1) is 10.5. The molecule has 2 aliphatic carbocycles. The van der Waals surface area contributed by atoms with Gasteiger partial charge in [-0.05, 0) is 50.2 Å². The van der Waals surface area contributed by atoms with Gasteiger partial charge in [0.15, 0.2) is 0 Å². The molecule has 3 rings (SSSR count). The SMILES string of the molecule is CCOc1cccc(S(=O)(=O)NC(=O)C2CC3CCC2C3)c1. The van der Waals surface area contributed by atoms with Crippen LogP contribution in [-0.2, 0) is 14.8 Å². The Bertz CT molecular complexity index is 670. The third-order valence-electron chi connectivity index (χ3n) is 4.74. The summed E-state index contributed by atoms with van der Waals surface area (Å²) in [4.78, 5) is 12.4. The summed E-state index contributed by atoms with van der Waals surface area (Å²) in [5.74, 6) is 0.940. The molecule has 1 N–H and O–H groups in total. The van der Waals surface area contributed by atoms with Crippen LogP contribution in [0.25, 0.3) is 0 Å². The van der Waals surface area contributed by atoms with Gasteiger partial charge in [-0.15, -0.1) is 0 Å². The number of rotatable bonds is 5. The van der Waals surface area contributed by atoms with Crippen molar-refractivity contribution < 1.29 is 17.9 Å². The van der Waals surface area contributed by atoms with E-state index in [9.17, 15) is 13.2 Å². The topological polar surface area (TPSA) is 72.5 Å². The maximum Gasteiger partial charge on any atom is 0.264 e. The molecule has 0 aromatic heterocycles. The summed E-state index contributed by atoms with van der Waals surface area (Å²) in [6.45, 7) is 2.29. The third-order valence-corrected chi connectivity index (χ3v) is 6.08. The van der Waals surface area contributed by atoms with Crippen LogP contribution in [0.3, 0.4) is 0 Å². The molecular weight excluding hydrogens is 302 g/mol. The van der Waals surface area contributed by atoms with Gasteiger partial charge >= 0.3 is 0 Å². The van der Waals surface area contributed by atoms with E-state index < -0.39 is 10.0 Å². The van der Waals surface area contributed by atoms with Crippen molar-refractivity contribution in [2.24, 2.45) is 17.8 Å². The summed E-state index contributed by atoms with van der Waals surface area (Å²) in [7, 11) is -3.83. The largest absolute Gasteiger partial charge is 0.494 e. The highest BCUT2D eigenvalue weighted by molar-refractivity contribution is 7.90. The van der Waals surface area contributed by atoms with Gasteiger partial charge in [0.2, 0.25) is 5.91 Å². The number of ether oxygens (including phenoxy) is 1. The van der Waals surface area contributed by atoms with Crippen molar-refractivity contribution in [3.8, 4) is 5.75 Å². The molecule has 2 aliphatic rings. The predicted octanol–water partition coefficient (Wildman–Crippen LogP) is 2.33. The first-order valence-corrected chi connectivity index (χ1v) is 9.27. The molecule has 3 unspecified atom stereocenters. The predicted molar refractivity (Wildman–Crippen MR) is 81.9 cm³/mol. The second-order valence-electron chi connectivity index (χ2n) is 6.16. The van der Waals surface area contributed by atoms with E-state index in [1.54, 1.807) is 12.1 Å². The fourth-order valence-electron chi connectivity index (χ4n) is 3.73. The highest BCUT2D eigenvalue weighted by Crippen LogP contribution is 2.48. The first kappa shape index (κ1) is 15.3. The van der Waals surface area contributed by atoms with E-state index in [-0.39, 0.29) is 16.7 Å². The van der Waals surface area contributed by atoms with E-state index in [0.29, 0.717) is 24.2 Å². The van der Waals surface area contributed by atoms with Crippen LogP contribution >= 0.6 is 0 Å². The second-order valence-corrected chi connectivity index (χ2v) is 7.84. The quantitative estimate of drug-likeness (QED) is 0.902. The van der Waals surface area contributed by atoms with Crippen LogP contribution in [0.15, 0.2) is 29.2 Å². The molecule has 6 heteroatoms. The van der Waals surface area contributed by atoms with E-state index in [2.05, 4.69) is 4.72 Å². The van der Waals surface area contributed by atoms with Crippen molar-refractivity contribution in [2.45, 2.75) is 37.5 Å². The van der Waals surface area contributed by atoms with Crippen molar-refractivity contribution in [3.63, 3.8) is 0 Å². The molecular formula is C16H21NO4S.